The average Bonchev–Trinajstić information content (AvgIpc) is 2.23. The molecule has 1 heterocycles. The highest BCUT2D eigenvalue weighted by Gasteiger charge is 2.22. The number of nitrogens with two attached hydrogens (primary N) is 1. The first-order valence-corrected chi connectivity index (χ1v) is 6.31. The van der Waals surface area contributed by atoms with Crippen molar-refractivity contribution in [2.45, 2.75) is 26.8 Å². The van der Waals surface area contributed by atoms with Gasteiger partial charge in [-0.15, -0.1) is 0 Å². The summed E-state index contributed by atoms with van der Waals surface area (Å²) in [6.45, 7) is 7.48. The van der Waals surface area contributed by atoms with Gasteiger partial charge in [-0.05, 0) is 29.9 Å². The van der Waals surface area contributed by atoms with E-state index in [4.69, 9.17) is 5.73 Å². The van der Waals surface area contributed by atoms with Gasteiger partial charge in [0.05, 0.1) is 5.69 Å². The zero-order chi connectivity index (χ0) is 12.4. The molecule has 2 rings (SSSR count). The molecule has 2 atom stereocenters. The lowest BCUT2D eigenvalue weighted by atomic mass is 9.91. The van der Waals surface area contributed by atoms with Crippen LogP contribution in [0.3, 0.4) is 0 Å². The second-order valence-electron chi connectivity index (χ2n) is 5.45. The Morgan fingerprint density at radius 1 is 1.29 bits per heavy atom. The minimum Gasteiger partial charge on any atom is -0.396 e. The zero-order valence-corrected chi connectivity index (χ0v) is 10.6. The number of anilines is 1. The smallest absolute Gasteiger partial charge is 0.146 e. The Bertz CT molecular complexity index is 382. The van der Waals surface area contributed by atoms with E-state index in [2.05, 4.69) is 18.7 Å². The molecule has 1 aromatic rings. The number of piperidine rings is 1. The fraction of sp³-hybridized carbons (Fsp3) is 0.571. The van der Waals surface area contributed by atoms with Crippen LogP contribution in [0, 0.1) is 17.7 Å². The van der Waals surface area contributed by atoms with Crippen LogP contribution in [0.2, 0.25) is 0 Å². The number of nitrogen functional groups attached to an aromatic ring is 1. The van der Waals surface area contributed by atoms with Crippen molar-refractivity contribution in [2.75, 3.05) is 18.8 Å². The maximum atomic E-state index is 13.3. The standard InChI is InChI=1S/C14H21FN2/c1-10-6-11(2)8-17(7-10)9-12-4-3-5-13(15)14(12)16/h3-5,10-11H,6-9,16H2,1-2H3. The van der Waals surface area contributed by atoms with Crippen molar-refractivity contribution in [3.8, 4) is 0 Å². The van der Waals surface area contributed by atoms with Gasteiger partial charge in [-0.1, -0.05) is 26.0 Å². The topological polar surface area (TPSA) is 29.3 Å². The first kappa shape index (κ1) is 12.4. The van der Waals surface area contributed by atoms with Gasteiger partial charge < -0.3 is 5.73 Å². The van der Waals surface area contributed by atoms with Crippen LogP contribution in [0.5, 0.6) is 0 Å². The quantitative estimate of drug-likeness (QED) is 0.800. The third kappa shape index (κ3) is 2.97. The molecule has 0 saturated carbocycles. The van der Waals surface area contributed by atoms with Crippen molar-refractivity contribution < 1.29 is 4.39 Å². The first-order valence-electron chi connectivity index (χ1n) is 6.31. The molecule has 1 aromatic carbocycles. The van der Waals surface area contributed by atoms with Crippen molar-refractivity contribution in [1.29, 1.82) is 0 Å². The third-order valence-corrected chi connectivity index (χ3v) is 3.48. The van der Waals surface area contributed by atoms with Crippen LogP contribution in [0.4, 0.5) is 10.1 Å². The van der Waals surface area contributed by atoms with Gasteiger partial charge in [0.2, 0.25) is 0 Å². The summed E-state index contributed by atoms with van der Waals surface area (Å²) in [6.07, 6.45) is 1.29. The van der Waals surface area contributed by atoms with E-state index in [1.54, 1.807) is 6.07 Å². The van der Waals surface area contributed by atoms with Gasteiger partial charge in [0.15, 0.2) is 0 Å². The molecule has 0 aliphatic carbocycles. The molecule has 0 aromatic heterocycles. The number of rotatable bonds is 2. The summed E-state index contributed by atoms with van der Waals surface area (Å²) in [5, 5.41) is 0. The molecule has 3 heteroatoms. The third-order valence-electron chi connectivity index (χ3n) is 3.48. The Hall–Kier alpha value is -1.09. The molecule has 1 saturated heterocycles. The number of likely N-dealkylation sites (tertiary alicyclic amines) is 1. The van der Waals surface area contributed by atoms with E-state index in [1.807, 2.05) is 6.07 Å². The molecule has 2 nitrogen and oxygen atoms in total. The monoisotopic (exact) mass is 236 g/mol. The van der Waals surface area contributed by atoms with Gasteiger partial charge in [-0.3, -0.25) is 4.90 Å². The Labute approximate surface area is 103 Å². The number of hydrogen-bond acceptors (Lipinski definition) is 2. The molecule has 1 aliphatic rings. The maximum absolute atomic E-state index is 13.3. The number of nitrogens with zero attached hydrogens (tertiary/aromatic N) is 1. The van der Waals surface area contributed by atoms with Crippen LogP contribution < -0.4 is 5.73 Å². The van der Waals surface area contributed by atoms with Crippen LogP contribution in [-0.4, -0.2) is 18.0 Å². The Balaban J connectivity index is 2.07. The molecule has 1 aliphatic heterocycles. The SMILES string of the molecule is CC1CC(C)CN(Cc2cccc(F)c2N)C1. The van der Waals surface area contributed by atoms with Crippen molar-refractivity contribution in [2.24, 2.45) is 11.8 Å². The summed E-state index contributed by atoms with van der Waals surface area (Å²) in [5.41, 5.74) is 6.98. The fourth-order valence-corrected chi connectivity index (χ4v) is 2.88. The maximum Gasteiger partial charge on any atom is 0.146 e. The highest BCUT2D eigenvalue weighted by Crippen LogP contribution is 2.24. The summed E-state index contributed by atoms with van der Waals surface area (Å²) in [7, 11) is 0. The largest absolute Gasteiger partial charge is 0.396 e. The highest BCUT2D eigenvalue weighted by atomic mass is 19.1. The summed E-state index contributed by atoms with van der Waals surface area (Å²) in [5.74, 6) is 1.13. The van der Waals surface area contributed by atoms with E-state index in [1.165, 1.54) is 12.5 Å². The van der Waals surface area contributed by atoms with Gasteiger partial charge in [0.1, 0.15) is 5.82 Å². The lowest BCUT2D eigenvalue weighted by Gasteiger charge is -2.35. The average molecular weight is 236 g/mol. The normalized spacial score (nSPS) is 26.1. The molecule has 0 amide bonds. The van der Waals surface area contributed by atoms with E-state index in [0.717, 1.165) is 25.2 Å². The Morgan fingerprint density at radius 2 is 1.94 bits per heavy atom. The van der Waals surface area contributed by atoms with E-state index in [-0.39, 0.29) is 5.82 Å². The summed E-state index contributed by atoms with van der Waals surface area (Å²) >= 11 is 0. The number of halogens is 1. The number of hydrogen-bond donors (Lipinski definition) is 1. The summed E-state index contributed by atoms with van der Waals surface area (Å²) < 4.78 is 13.3. The predicted octanol–water partition coefficient (Wildman–Crippen LogP) is 2.89. The molecular weight excluding hydrogens is 215 g/mol. The molecule has 17 heavy (non-hydrogen) atoms. The molecule has 0 bridgehead atoms. The van der Waals surface area contributed by atoms with Gasteiger partial charge >= 0.3 is 0 Å². The lowest BCUT2D eigenvalue weighted by molar-refractivity contribution is 0.134. The Morgan fingerprint density at radius 3 is 2.59 bits per heavy atom. The van der Waals surface area contributed by atoms with E-state index >= 15 is 0 Å². The van der Waals surface area contributed by atoms with Gasteiger partial charge in [0, 0.05) is 19.6 Å². The van der Waals surface area contributed by atoms with E-state index in [9.17, 15) is 4.39 Å². The van der Waals surface area contributed by atoms with Crippen molar-refractivity contribution in [1.82, 2.24) is 4.90 Å². The fourth-order valence-electron chi connectivity index (χ4n) is 2.88. The summed E-state index contributed by atoms with van der Waals surface area (Å²) in [6, 6.07) is 5.07. The second-order valence-corrected chi connectivity index (χ2v) is 5.45. The molecule has 2 N–H and O–H groups in total. The van der Waals surface area contributed by atoms with Gasteiger partial charge in [0.25, 0.3) is 0 Å². The molecule has 0 spiro atoms. The predicted molar refractivity (Wildman–Crippen MR) is 69.0 cm³/mol. The first-order chi connectivity index (χ1) is 8.06. The number of benzene rings is 1. The molecule has 2 unspecified atom stereocenters. The Kier molecular flexibility index (Phi) is 3.67. The number of para-hydroxylation sites is 1. The van der Waals surface area contributed by atoms with Crippen molar-refractivity contribution in [3.05, 3.63) is 29.6 Å². The van der Waals surface area contributed by atoms with Crippen molar-refractivity contribution >= 4 is 5.69 Å². The van der Waals surface area contributed by atoms with Crippen LogP contribution in [0.25, 0.3) is 0 Å². The van der Waals surface area contributed by atoms with Crippen molar-refractivity contribution in [3.63, 3.8) is 0 Å². The minimum atomic E-state index is -0.305. The minimum absolute atomic E-state index is 0.304. The highest BCUT2D eigenvalue weighted by molar-refractivity contribution is 5.47. The van der Waals surface area contributed by atoms with Crippen LogP contribution in [-0.2, 0) is 6.54 Å². The van der Waals surface area contributed by atoms with E-state index in [0.29, 0.717) is 17.5 Å². The van der Waals surface area contributed by atoms with Crippen LogP contribution in [0.15, 0.2) is 18.2 Å². The second kappa shape index (κ2) is 5.05. The van der Waals surface area contributed by atoms with Crippen LogP contribution in [0.1, 0.15) is 25.8 Å². The summed E-state index contributed by atoms with van der Waals surface area (Å²) in [4.78, 5) is 2.38. The molecule has 94 valence electrons. The molecule has 1 fully saturated rings. The molecule has 0 radical (unpaired) electrons. The van der Waals surface area contributed by atoms with Gasteiger partial charge in [-0.25, -0.2) is 4.39 Å². The van der Waals surface area contributed by atoms with Crippen LogP contribution >= 0.6 is 0 Å². The zero-order valence-electron chi connectivity index (χ0n) is 10.6. The van der Waals surface area contributed by atoms with Gasteiger partial charge in [-0.2, -0.15) is 0 Å². The lowest BCUT2D eigenvalue weighted by Crippen LogP contribution is -2.38. The van der Waals surface area contributed by atoms with E-state index < -0.39 is 0 Å². The molecular formula is C14H21FN2.